The lowest BCUT2D eigenvalue weighted by Crippen LogP contribution is -2.33. The number of benzene rings is 1. The van der Waals surface area contributed by atoms with Crippen LogP contribution in [0.15, 0.2) is 24.3 Å². The number of aliphatic hydroxyl groups is 1. The van der Waals surface area contributed by atoms with Crippen LogP contribution in [0, 0.1) is 5.92 Å². The normalized spacial score (nSPS) is 11.7. The second-order valence-electron chi connectivity index (χ2n) is 3.82. The Bertz CT molecular complexity index is 369. The molecule has 3 N–H and O–H groups in total. The first-order valence-electron chi connectivity index (χ1n) is 5.46. The van der Waals surface area contributed by atoms with E-state index < -0.39 is 0 Å². The number of urea groups is 1. The largest absolute Gasteiger partial charge is 0.495 e. The fourth-order valence-electron chi connectivity index (χ4n) is 1.25. The Labute approximate surface area is 101 Å². The number of aliphatic hydroxyl groups excluding tert-OH is 1. The van der Waals surface area contributed by atoms with E-state index in [1.165, 1.54) is 0 Å². The Morgan fingerprint density at radius 2 is 2.18 bits per heavy atom. The molecule has 0 heterocycles. The molecule has 5 heteroatoms. The maximum Gasteiger partial charge on any atom is 0.319 e. The predicted octanol–water partition coefficient (Wildman–Crippen LogP) is 1.45. The van der Waals surface area contributed by atoms with Gasteiger partial charge in [-0.1, -0.05) is 19.1 Å². The van der Waals surface area contributed by atoms with E-state index in [-0.39, 0.29) is 18.6 Å². The van der Waals surface area contributed by atoms with Gasteiger partial charge in [0.1, 0.15) is 5.75 Å². The Morgan fingerprint density at radius 1 is 1.47 bits per heavy atom. The Morgan fingerprint density at radius 3 is 2.82 bits per heavy atom. The van der Waals surface area contributed by atoms with Gasteiger partial charge in [-0.05, 0) is 18.1 Å². The van der Waals surface area contributed by atoms with Gasteiger partial charge in [0.25, 0.3) is 0 Å². The zero-order chi connectivity index (χ0) is 12.7. The molecular weight excluding hydrogens is 220 g/mol. The van der Waals surface area contributed by atoms with Crippen LogP contribution in [0.4, 0.5) is 10.5 Å². The first kappa shape index (κ1) is 13.3. The maximum atomic E-state index is 11.5. The van der Waals surface area contributed by atoms with Crippen molar-refractivity contribution in [2.45, 2.75) is 6.92 Å². The molecule has 0 saturated heterocycles. The summed E-state index contributed by atoms with van der Waals surface area (Å²) in [5.74, 6) is 0.649. The highest BCUT2D eigenvalue weighted by atomic mass is 16.5. The summed E-state index contributed by atoms with van der Waals surface area (Å²) in [6.07, 6.45) is 0. The van der Waals surface area contributed by atoms with Gasteiger partial charge in [0.2, 0.25) is 0 Å². The Hall–Kier alpha value is -1.75. The minimum Gasteiger partial charge on any atom is -0.495 e. The van der Waals surface area contributed by atoms with Crippen LogP contribution < -0.4 is 15.4 Å². The van der Waals surface area contributed by atoms with E-state index >= 15 is 0 Å². The Kier molecular flexibility index (Phi) is 5.29. The third-order valence-corrected chi connectivity index (χ3v) is 2.28. The molecule has 0 saturated carbocycles. The third-order valence-electron chi connectivity index (χ3n) is 2.28. The Balaban J connectivity index is 2.50. The quantitative estimate of drug-likeness (QED) is 0.727. The number of ether oxygens (including phenoxy) is 1. The van der Waals surface area contributed by atoms with Crippen molar-refractivity contribution >= 4 is 11.7 Å². The standard InChI is InChI=1S/C12H18N2O3/c1-9(8-15)7-13-12(16)14-10-5-3-4-6-11(10)17-2/h3-6,9,15H,7-8H2,1-2H3,(H2,13,14,16). The molecule has 0 aliphatic heterocycles. The average molecular weight is 238 g/mol. The van der Waals surface area contributed by atoms with Crippen LogP contribution in [0.25, 0.3) is 0 Å². The van der Waals surface area contributed by atoms with Gasteiger partial charge in [-0.15, -0.1) is 0 Å². The van der Waals surface area contributed by atoms with Gasteiger partial charge < -0.3 is 20.5 Å². The zero-order valence-corrected chi connectivity index (χ0v) is 10.1. The first-order valence-corrected chi connectivity index (χ1v) is 5.46. The summed E-state index contributed by atoms with van der Waals surface area (Å²) < 4.78 is 5.11. The summed E-state index contributed by atoms with van der Waals surface area (Å²) in [4.78, 5) is 11.5. The van der Waals surface area contributed by atoms with Gasteiger partial charge in [0.05, 0.1) is 12.8 Å². The molecule has 2 amide bonds. The molecule has 1 atom stereocenters. The molecule has 0 spiro atoms. The van der Waals surface area contributed by atoms with E-state index in [9.17, 15) is 4.79 Å². The topological polar surface area (TPSA) is 70.6 Å². The number of hydrogen-bond acceptors (Lipinski definition) is 3. The number of amides is 2. The number of hydrogen-bond donors (Lipinski definition) is 3. The molecular formula is C12H18N2O3. The lowest BCUT2D eigenvalue weighted by Gasteiger charge is -2.12. The van der Waals surface area contributed by atoms with E-state index in [1.807, 2.05) is 19.1 Å². The molecule has 1 rings (SSSR count). The second kappa shape index (κ2) is 6.75. The van der Waals surface area contributed by atoms with Crippen molar-refractivity contribution in [1.82, 2.24) is 5.32 Å². The summed E-state index contributed by atoms with van der Waals surface area (Å²) in [5, 5.41) is 14.2. The highest BCUT2D eigenvalue weighted by Gasteiger charge is 2.07. The zero-order valence-electron chi connectivity index (χ0n) is 10.1. The second-order valence-corrected chi connectivity index (χ2v) is 3.82. The van der Waals surface area contributed by atoms with E-state index in [0.29, 0.717) is 18.0 Å². The van der Waals surface area contributed by atoms with Crippen molar-refractivity contribution < 1.29 is 14.6 Å². The number of rotatable bonds is 5. The summed E-state index contributed by atoms with van der Waals surface area (Å²) in [6.45, 7) is 2.33. The van der Waals surface area contributed by atoms with Crippen molar-refractivity contribution in [3.8, 4) is 5.75 Å². The first-order chi connectivity index (χ1) is 8.17. The van der Waals surface area contributed by atoms with E-state index in [2.05, 4.69) is 10.6 Å². The number of carbonyl (C=O) groups is 1. The van der Waals surface area contributed by atoms with Crippen LogP contribution in [-0.2, 0) is 0 Å². The summed E-state index contributed by atoms with van der Waals surface area (Å²) in [7, 11) is 1.55. The predicted molar refractivity (Wildman–Crippen MR) is 66.3 cm³/mol. The van der Waals surface area contributed by atoms with Crippen LogP contribution in [0.2, 0.25) is 0 Å². The molecule has 1 aromatic rings. The molecule has 0 bridgehead atoms. The molecule has 94 valence electrons. The number of nitrogens with one attached hydrogen (secondary N) is 2. The van der Waals surface area contributed by atoms with E-state index in [1.54, 1.807) is 19.2 Å². The molecule has 17 heavy (non-hydrogen) atoms. The monoisotopic (exact) mass is 238 g/mol. The van der Waals surface area contributed by atoms with Crippen LogP contribution in [-0.4, -0.2) is 31.4 Å². The van der Waals surface area contributed by atoms with E-state index in [4.69, 9.17) is 9.84 Å². The average Bonchev–Trinajstić information content (AvgIpc) is 2.36. The van der Waals surface area contributed by atoms with Crippen LogP contribution in [0.1, 0.15) is 6.92 Å². The highest BCUT2D eigenvalue weighted by molar-refractivity contribution is 5.90. The van der Waals surface area contributed by atoms with Crippen molar-refractivity contribution in [2.24, 2.45) is 5.92 Å². The molecule has 1 unspecified atom stereocenters. The summed E-state index contributed by atoms with van der Waals surface area (Å²) in [6, 6.07) is 6.86. The van der Waals surface area contributed by atoms with Gasteiger partial charge in [-0.2, -0.15) is 0 Å². The SMILES string of the molecule is COc1ccccc1NC(=O)NCC(C)CO. The summed E-state index contributed by atoms with van der Waals surface area (Å²) >= 11 is 0. The molecule has 0 radical (unpaired) electrons. The highest BCUT2D eigenvalue weighted by Crippen LogP contribution is 2.22. The molecule has 0 aliphatic carbocycles. The van der Waals surface area contributed by atoms with Crippen molar-refractivity contribution in [3.05, 3.63) is 24.3 Å². The number of carbonyl (C=O) groups excluding carboxylic acids is 1. The van der Waals surface area contributed by atoms with Crippen LogP contribution >= 0.6 is 0 Å². The molecule has 0 fully saturated rings. The molecule has 0 aliphatic rings. The van der Waals surface area contributed by atoms with Gasteiger partial charge in [0.15, 0.2) is 0 Å². The minimum absolute atomic E-state index is 0.0402. The number of methoxy groups -OCH3 is 1. The van der Waals surface area contributed by atoms with Crippen molar-refractivity contribution in [3.63, 3.8) is 0 Å². The lowest BCUT2D eigenvalue weighted by atomic mass is 10.2. The van der Waals surface area contributed by atoms with E-state index in [0.717, 1.165) is 0 Å². The van der Waals surface area contributed by atoms with Gasteiger partial charge >= 0.3 is 6.03 Å². The van der Waals surface area contributed by atoms with Gasteiger partial charge in [-0.25, -0.2) is 4.79 Å². The molecule has 5 nitrogen and oxygen atoms in total. The lowest BCUT2D eigenvalue weighted by molar-refractivity contribution is 0.227. The number of para-hydroxylation sites is 2. The van der Waals surface area contributed by atoms with Gasteiger partial charge in [0, 0.05) is 13.2 Å². The third kappa shape index (κ3) is 4.32. The minimum atomic E-state index is -0.310. The number of anilines is 1. The van der Waals surface area contributed by atoms with Crippen LogP contribution in [0.3, 0.4) is 0 Å². The van der Waals surface area contributed by atoms with Crippen LogP contribution in [0.5, 0.6) is 5.75 Å². The van der Waals surface area contributed by atoms with Gasteiger partial charge in [-0.3, -0.25) is 0 Å². The molecule has 1 aromatic carbocycles. The maximum absolute atomic E-state index is 11.5. The van der Waals surface area contributed by atoms with Crippen molar-refractivity contribution in [2.75, 3.05) is 25.6 Å². The fourth-order valence-corrected chi connectivity index (χ4v) is 1.25. The molecule has 0 aromatic heterocycles. The van der Waals surface area contributed by atoms with Crippen molar-refractivity contribution in [1.29, 1.82) is 0 Å². The fraction of sp³-hybridized carbons (Fsp3) is 0.417. The summed E-state index contributed by atoms with van der Waals surface area (Å²) in [5.41, 5.74) is 0.615. The smallest absolute Gasteiger partial charge is 0.319 e.